The number of phenolic OH excluding ortho intramolecular Hbond substituents is 1. The third-order valence-electron chi connectivity index (χ3n) is 2.99. The van der Waals surface area contributed by atoms with Gasteiger partial charge in [0.2, 0.25) is 5.91 Å². The third kappa shape index (κ3) is 3.23. The van der Waals surface area contributed by atoms with E-state index in [0.717, 1.165) is 10.8 Å². The predicted octanol–water partition coefficient (Wildman–Crippen LogP) is 2.65. The number of hydrogen-bond donors (Lipinski definition) is 3. The Balaban J connectivity index is 2.17. The summed E-state index contributed by atoms with van der Waals surface area (Å²) in [6.45, 7) is 0.107. The highest BCUT2D eigenvalue weighted by Gasteiger charge is 2.07. The summed E-state index contributed by atoms with van der Waals surface area (Å²) >= 11 is 0. The summed E-state index contributed by atoms with van der Waals surface area (Å²) in [6, 6.07) is 10.6. The quantitative estimate of drug-likeness (QED) is 0.723. The molecule has 2 aromatic carbocycles. The molecule has 0 fully saturated rings. The first kappa shape index (κ1) is 13.4. The maximum absolute atomic E-state index is 11.8. The molecule has 0 saturated carbocycles. The van der Waals surface area contributed by atoms with E-state index < -0.39 is 0 Å². The van der Waals surface area contributed by atoms with Crippen LogP contribution in [-0.4, -0.2) is 22.7 Å². The smallest absolute Gasteiger partial charge is 0.224 e. The van der Waals surface area contributed by atoms with Gasteiger partial charge in [0, 0.05) is 29.5 Å². The lowest BCUT2D eigenvalue weighted by Gasteiger charge is -2.09. The van der Waals surface area contributed by atoms with E-state index in [-0.39, 0.29) is 18.3 Å². The van der Waals surface area contributed by atoms with E-state index in [2.05, 4.69) is 5.32 Å². The molecule has 100 valence electrons. The van der Waals surface area contributed by atoms with E-state index in [1.807, 2.05) is 18.2 Å². The Morgan fingerprint density at radius 1 is 1.05 bits per heavy atom. The molecule has 0 aromatic heterocycles. The molecule has 0 unspecified atom stereocenters. The molecule has 0 heterocycles. The second kappa shape index (κ2) is 6.20. The number of anilines is 1. The molecular weight excluding hydrogens is 242 g/mol. The van der Waals surface area contributed by atoms with Crippen LogP contribution >= 0.6 is 0 Å². The number of rotatable bonds is 5. The second-order valence-corrected chi connectivity index (χ2v) is 4.41. The first-order chi connectivity index (χ1) is 9.22. The Morgan fingerprint density at radius 3 is 2.58 bits per heavy atom. The van der Waals surface area contributed by atoms with Gasteiger partial charge in [-0.05, 0) is 25.0 Å². The summed E-state index contributed by atoms with van der Waals surface area (Å²) in [5.74, 6) is 0.123. The van der Waals surface area contributed by atoms with Crippen LogP contribution in [0.5, 0.6) is 5.75 Å². The summed E-state index contributed by atoms with van der Waals surface area (Å²) in [7, 11) is 0. The molecule has 2 rings (SSSR count). The zero-order chi connectivity index (χ0) is 13.7. The number of fused-ring (bicyclic) bond motifs is 1. The summed E-state index contributed by atoms with van der Waals surface area (Å²) in [5, 5.41) is 22.8. The van der Waals surface area contributed by atoms with Crippen molar-refractivity contribution in [1.29, 1.82) is 0 Å². The van der Waals surface area contributed by atoms with Crippen LogP contribution in [0.4, 0.5) is 5.69 Å². The van der Waals surface area contributed by atoms with Crippen LogP contribution in [0, 0.1) is 0 Å². The lowest BCUT2D eigenvalue weighted by atomic mass is 10.1. The number of carbonyl (C=O) groups is 1. The fourth-order valence-corrected chi connectivity index (χ4v) is 2.01. The lowest BCUT2D eigenvalue weighted by Crippen LogP contribution is -2.11. The Hall–Kier alpha value is -2.07. The van der Waals surface area contributed by atoms with Crippen molar-refractivity contribution in [3.8, 4) is 5.75 Å². The van der Waals surface area contributed by atoms with Crippen molar-refractivity contribution >= 4 is 22.4 Å². The van der Waals surface area contributed by atoms with Crippen LogP contribution in [0.15, 0.2) is 36.4 Å². The number of hydrogen-bond acceptors (Lipinski definition) is 3. The van der Waals surface area contributed by atoms with Gasteiger partial charge in [-0.3, -0.25) is 4.79 Å². The van der Waals surface area contributed by atoms with Crippen molar-refractivity contribution in [2.24, 2.45) is 0 Å². The minimum Gasteiger partial charge on any atom is -0.507 e. The number of phenols is 1. The molecule has 3 N–H and O–H groups in total. The minimum atomic E-state index is -0.0794. The predicted molar refractivity (Wildman–Crippen MR) is 75.2 cm³/mol. The van der Waals surface area contributed by atoms with Crippen molar-refractivity contribution < 1.29 is 15.0 Å². The van der Waals surface area contributed by atoms with E-state index in [1.54, 1.807) is 18.2 Å². The minimum absolute atomic E-state index is 0.0794. The lowest BCUT2D eigenvalue weighted by molar-refractivity contribution is -0.116. The summed E-state index contributed by atoms with van der Waals surface area (Å²) in [6.07, 6.45) is 1.68. The molecule has 0 spiro atoms. The van der Waals surface area contributed by atoms with Gasteiger partial charge in [0.25, 0.3) is 0 Å². The molecule has 0 bridgehead atoms. The van der Waals surface area contributed by atoms with Gasteiger partial charge in [0.05, 0.1) is 0 Å². The zero-order valence-corrected chi connectivity index (χ0v) is 10.6. The number of aromatic hydroxyl groups is 1. The monoisotopic (exact) mass is 259 g/mol. The molecule has 0 aliphatic heterocycles. The summed E-state index contributed by atoms with van der Waals surface area (Å²) in [5.41, 5.74) is 0.697. The fourth-order valence-electron chi connectivity index (χ4n) is 2.01. The average molecular weight is 259 g/mol. The fraction of sp³-hybridized carbons (Fsp3) is 0.267. The van der Waals surface area contributed by atoms with Crippen molar-refractivity contribution in [3.05, 3.63) is 36.4 Å². The van der Waals surface area contributed by atoms with Crippen molar-refractivity contribution in [1.82, 2.24) is 0 Å². The van der Waals surface area contributed by atoms with Gasteiger partial charge in [-0.15, -0.1) is 0 Å². The van der Waals surface area contributed by atoms with Gasteiger partial charge in [-0.2, -0.15) is 0 Å². The molecule has 0 aliphatic carbocycles. The molecule has 0 saturated heterocycles. The molecule has 0 atom stereocenters. The highest BCUT2D eigenvalue weighted by Crippen LogP contribution is 2.29. The number of aliphatic hydroxyl groups is 1. The van der Waals surface area contributed by atoms with Gasteiger partial charge in [0.1, 0.15) is 5.75 Å². The van der Waals surface area contributed by atoms with Crippen LogP contribution in [0.2, 0.25) is 0 Å². The largest absolute Gasteiger partial charge is 0.507 e. The number of amides is 1. The van der Waals surface area contributed by atoms with Gasteiger partial charge >= 0.3 is 0 Å². The van der Waals surface area contributed by atoms with Crippen molar-refractivity contribution in [2.75, 3.05) is 11.9 Å². The topological polar surface area (TPSA) is 69.6 Å². The Labute approximate surface area is 111 Å². The van der Waals surface area contributed by atoms with Gasteiger partial charge in [-0.25, -0.2) is 0 Å². The molecule has 1 amide bonds. The SMILES string of the molecule is O=C(CCCCO)Nc1cccc2c(O)cccc12. The summed E-state index contributed by atoms with van der Waals surface area (Å²) < 4.78 is 0. The van der Waals surface area contributed by atoms with Crippen LogP contribution in [0.25, 0.3) is 10.8 Å². The molecule has 4 nitrogen and oxygen atoms in total. The second-order valence-electron chi connectivity index (χ2n) is 4.41. The first-order valence-electron chi connectivity index (χ1n) is 6.34. The summed E-state index contributed by atoms with van der Waals surface area (Å²) in [4.78, 5) is 11.8. The molecule has 2 aromatic rings. The Morgan fingerprint density at radius 2 is 1.79 bits per heavy atom. The molecule has 4 heteroatoms. The maximum Gasteiger partial charge on any atom is 0.224 e. The van der Waals surface area contributed by atoms with E-state index in [9.17, 15) is 9.90 Å². The van der Waals surface area contributed by atoms with Gasteiger partial charge < -0.3 is 15.5 Å². The number of aliphatic hydroxyl groups excluding tert-OH is 1. The number of benzene rings is 2. The van der Waals surface area contributed by atoms with E-state index >= 15 is 0 Å². The zero-order valence-electron chi connectivity index (χ0n) is 10.6. The van der Waals surface area contributed by atoms with E-state index in [4.69, 9.17) is 5.11 Å². The highest BCUT2D eigenvalue weighted by atomic mass is 16.3. The van der Waals surface area contributed by atoms with Crippen LogP contribution < -0.4 is 5.32 Å². The standard InChI is InChI=1S/C15H17NO3/c17-10-2-1-9-15(19)16-13-7-3-6-12-11(13)5-4-8-14(12)18/h3-8,17-18H,1-2,9-10H2,(H,16,19). The Kier molecular flexibility index (Phi) is 4.36. The molecule has 19 heavy (non-hydrogen) atoms. The van der Waals surface area contributed by atoms with E-state index in [0.29, 0.717) is 24.9 Å². The van der Waals surface area contributed by atoms with Gasteiger partial charge in [0.15, 0.2) is 0 Å². The third-order valence-corrected chi connectivity index (χ3v) is 2.99. The van der Waals surface area contributed by atoms with Crippen LogP contribution in [0.1, 0.15) is 19.3 Å². The molecule has 0 radical (unpaired) electrons. The Bertz CT molecular complexity index is 581. The highest BCUT2D eigenvalue weighted by molar-refractivity contribution is 6.03. The number of nitrogens with one attached hydrogen (secondary N) is 1. The molecular formula is C15H17NO3. The van der Waals surface area contributed by atoms with Crippen molar-refractivity contribution in [3.63, 3.8) is 0 Å². The van der Waals surface area contributed by atoms with E-state index in [1.165, 1.54) is 0 Å². The number of unbranched alkanes of at least 4 members (excludes halogenated alkanes) is 1. The van der Waals surface area contributed by atoms with Crippen LogP contribution in [-0.2, 0) is 4.79 Å². The number of carbonyl (C=O) groups excluding carboxylic acids is 1. The molecule has 0 aliphatic rings. The first-order valence-corrected chi connectivity index (χ1v) is 6.34. The normalized spacial score (nSPS) is 10.6. The maximum atomic E-state index is 11.8. The van der Waals surface area contributed by atoms with Crippen molar-refractivity contribution in [2.45, 2.75) is 19.3 Å². The van der Waals surface area contributed by atoms with Gasteiger partial charge in [-0.1, -0.05) is 24.3 Å². The average Bonchev–Trinajstić information content (AvgIpc) is 2.40. The van der Waals surface area contributed by atoms with Crippen LogP contribution in [0.3, 0.4) is 0 Å².